The molecule has 0 aliphatic rings. The molecule has 3 rings (SSSR count). The summed E-state index contributed by atoms with van der Waals surface area (Å²) in [5.74, 6) is -0.970. The normalized spacial score (nSPS) is 12.6. The molecule has 3 aromatic rings. The van der Waals surface area contributed by atoms with E-state index in [1.165, 1.54) is 29.2 Å². The van der Waals surface area contributed by atoms with Gasteiger partial charge in [-0.15, -0.1) is 0 Å². The number of nitrogens with zero attached hydrogens (tertiary/aromatic N) is 1. The number of carbonyl (C=O) groups is 3. The van der Waals surface area contributed by atoms with Crippen LogP contribution in [0.2, 0.25) is 0 Å². The first-order valence-electron chi connectivity index (χ1n) is 13.5. The Kier molecular flexibility index (Phi) is 9.99. The van der Waals surface area contributed by atoms with Crippen LogP contribution in [0, 0.1) is 13.8 Å². The minimum atomic E-state index is -1.12. The van der Waals surface area contributed by atoms with Gasteiger partial charge in [0.05, 0.1) is 0 Å². The Hall–Kier alpha value is -4.53. The molecule has 9 heteroatoms. The molecule has 218 valence electrons. The van der Waals surface area contributed by atoms with Gasteiger partial charge in [0, 0.05) is 18.7 Å². The Morgan fingerprint density at radius 3 is 2.07 bits per heavy atom. The second-order valence-corrected chi connectivity index (χ2v) is 10.9. The molecule has 0 fully saturated rings. The van der Waals surface area contributed by atoms with Gasteiger partial charge in [-0.2, -0.15) is 0 Å². The maximum absolute atomic E-state index is 14.2. The van der Waals surface area contributed by atoms with Crippen LogP contribution in [0.5, 0.6) is 11.5 Å². The molecule has 4 N–H and O–H groups in total. The molecule has 0 radical (unpaired) electrons. The summed E-state index contributed by atoms with van der Waals surface area (Å²) >= 11 is 0. The van der Waals surface area contributed by atoms with Crippen LogP contribution >= 0.6 is 0 Å². The lowest BCUT2D eigenvalue weighted by molar-refractivity contribution is -0.140. The van der Waals surface area contributed by atoms with Gasteiger partial charge in [-0.3, -0.25) is 9.59 Å². The van der Waals surface area contributed by atoms with Gasteiger partial charge in [-0.05, 0) is 88.1 Å². The number of phenolic OH excluding ortho intramolecular Hbond substituents is 2. The van der Waals surface area contributed by atoms with Crippen LogP contribution in [0.25, 0.3) is 0 Å². The average molecular weight is 562 g/mol. The molecule has 3 amide bonds. The lowest BCUT2D eigenvalue weighted by atomic mass is 9.99. The van der Waals surface area contributed by atoms with E-state index in [4.69, 9.17) is 4.74 Å². The van der Waals surface area contributed by atoms with E-state index in [0.717, 1.165) is 11.1 Å². The number of rotatable bonds is 9. The zero-order valence-electron chi connectivity index (χ0n) is 24.4. The smallest absolute Gasteiger partial charge is 0.408 e. The summed E-state index contributed by atoms with van der Waals surface area (Å²) in [4.78, 5) is 42.3. The van der Waals surface area contributed by atoms with E-state index in [1.807, 2.05) is 32.0 Å². The molecule has 2 atom stereocenters. The van der Waals surface area contributed by atoms with Gasteiger partial charge in [-0.1, -0.05) is 42.5 Å². The Morgan fingerprint density at radius 1 is 0.902 bits per heavy atom. The number of benzene rings is 3. The summed E-state index contributed by atoms with van der Waals surface area (Å²) in [7, 11) is 0. The molecule has 0 heterocycles. The molecule has 0 aliphatic carbocycles. The van der Waals surface area contributed by atoms with Crippen molar-refractivity contribution in [3.63, 3.8) is 0 Å². The number of aryl methyl sites for hydroxylation is 2. The molecule has 0 aliphatic heterocycles. The van der Waals surface area contributed by atoms with Crippen molar-refractivity contribution in [1.29, 1.82) is 0 Å². The molecular formula is C32H39N3O6. The van der Waals surface area contributed by atoms with Gasteiger partial charge in [0.1, 0.15) is 29.2 Å². The molecule has 0 bridgehead atoms. The molecule has 0 saturated carbocycles. The highest BCUT2D eigenvalue weighted by atomic mass is 16.6. The summed E-state index contributed by atoms with van der Waals surface area (Å²) in [6.07, 6.45) is -0.695. The van der Waals surface area contributed by atoms with Crippen LogP contribution in [0.15, 0.2) is 66.7 Å². The minimum absolute atomic E-state index is 0.0524. The van der Waals surface area contributed by atoms with Crippen molar-refractivity contribution >= 4 is 23.6 Å². The molecule has 9 nitrogen and oxygen atoms in total. The van der Waals surface area contributed by atoms with Crippen LogP contribution < -0.4 is 10.6 Å². The lowest BCUT2D eigenvalue weighted by Crippen LogP contribution is -2.53. The second-order valence-electron chi connectivity index (χ2n) is 10.9. The first-order chi connectivity index (χ1) is 19.3. The second kappa shape index (κ2) is 13.2. The number of hydrogen-bond acceptors (Lipinski definition) is 6. The van der Waals surface area contributed by atoms with E-state index in [0.29, 0.717) is 16.8 Å². The third kappa shape index (κ3) is 8.48. The van der Waals surface area contributed by atoms with Crippen molar-refractivity contribution in [3.05, 3.63) is 89.0 Å². The maximum atomic E-state index is 14.2. The number of phenols is 2. The van der Waals surface area contributed by atoms with E-state index in [1.54, 1.807) is 52.0 Å². The van der Waals surface area contributed by atoms with E-state index < -0.39 is 35.6 Å². The van der Waals surface area contributed by atoms with Crippen molar-refractivity contribution < 1.29 is 29.3 Å². The Balaban J connectivity index is 2.03. The van der Waals surface area contributed by atoms with Gasteiger partial charge in [0.15, 0.2) is 0 Å². The van der Waals surface area contributed by atoms with E-state index in [2.05, 4.69) is 10.6 Å². The molecule has 0 saturated heterocycles. The fourth-order valence-electron chi connectivity index (χ4n) is 4.55. The largest absolute Gasteiger partial charge is 0.508 e. The molecular weight excluding hydrogens is 522 g/mol. The third-order valence-corrected chi connectivity index (χ3v) is 6.46. The highest BCUT2D eigenvalue weighted by molar-refractivity contribution is 6.00. The van der Waals surface area contributed by atoms with Crippen LogP contribution in [0.3, 0.4) is 0 Å². The number of carbonyl (C=O) groups excluding carboxylic acids is 3. The molecule has 0 aromatic heterocycles. The standard InChI is InChI=1S/C32H39N3O6/c1-7-35(30(39)26(33-31(40)41-32(4,5)6)18-22-14-16-24(36)17-15-22)28(23-12-9-13-25(37)19-23)29(38)34-27-20(2)10-8-11-21(27)3/h8-17,19,26,28,36-37H,7,18H2,1-6H3,(H,33,40)(H,34,38). The SMILES string of the molecule is CCN(C(=O)C(Cc1ccc(O)cc1)NC(=O)OC(C)(C)C)C(C(=O)Nc1c(C)cccc1C)c1cccc(O)c1. The number of alkyl carbamates (subject to hydrolysis) is 1. The molecule has 0 spiro atoms. The van der Waals surface area contributed by atoms with Gasteiger partial charge < -0.3 is 30.5 Å². The highest BCUT2D eigenvalue weighted by Gasteiger charge is 2.36. The van der Waals surface area contributed by atoms with Crippen molar-refractivity contribution in [2.75, 3.05) is 11.9 Å². The number of nitrogens with one attached hydrogen (secondary N) is 2. The number of para-hydroxylation sites is 1. The number of anilines is 1. The first kappa shape index (κ1) is 31.0. The number of ether oxygens (including phenoxy) is 1. The van der Waals surface area contributed by atoms with E-state index >= 15 is 0 Å². The predicted molar refractivity (Wildman–Crippen MR) is 158 cm³/mol. The summed E-state index contributed by atoms with van der Waals surface area (Å²) in [6, 6.07) is 15.9. The van der Waals surface area contributed by atoms with Gasteiger partial charge in [0.25, 0.3) is 5.91 Å². The maximum Gasteiger partial charge on any atom is 0.408 e. The van der Waals surface area contributed by atoms with Crippen molar-refractivity contribution in [2.24, 2.45) is 0 Å². The van der Waals surface area contributed by atoms with E-state index in [9.17, 15) is 24.6 Å². The summed E-state index contributed by atoms with van der Waals surface area (Å²) in [5.41, 5.74) is 2.65. The quantitative estimate of drug-likeness (QED) is 0.278. The van der Waals surface area contributed by atoms with Gasteiger partial charge in [0.2, 0.25) is 5.91 Å². The number of amides is 3. The van der Waals surface area contributed by atoms with Gasteiger partial charge in [-0.25, -0.2) is 4.79 Å². The fraction of sp³-hybridized carbons (Fsp3) is 0.344. The van der Waals surface area contributed by atoms with Gasteiger partial charge >= 0.3 is 6.09 Å². The zero-order valence-corrected chi connectivity index (χ0v) is 24.4. The first-order valence-corrected chi connectivity index (χ1v) is 13.5. The number of aromatic hydroxyl groups is 2. The number of hydrogen-bond donors (Lipinski definition) is 4. The molecule has 3 aromatic carbocycles. The summed E-state index contributed by atoms with van der Waals surface area (Å²) < 4.78 is 5.43. The Morgan fingerprint density at radius 2 is 1.51 bits per heavy atom. The Bertz CT molecular complexity index is 1360. The average Bonchev–Trinajstić information content (AvgIpc) is 2.88. The Labute approximate surface area is 241 Å². The molecule has 41 heavy (non-hydrogen) atoms. The predicted octanol–water partition coefficient (Wildman–Crippen LogP) is 5.38. The topological polar surface area (TPSA) is 128 Å². The molecule has 2 unspecified atom stereocenters. The zero-order chi connectivity index (χ0) is 30.3. The van der Waals surface area contributed by atoms with Crippen molar-refractivity contribution in [1.82, 2.24) is 10.2 Å². The van der Waals surface area contributed by atoms with Crippen molar-refractivity contribution in [2.45, 2.75) is 65.6 Å². The highest BCUT2D eigenvalue weighted by Crippen LogP contribution is 2.29. The van der Waals surface area contributed by atoms with Crippen LogP contribution in [-0.4, -0.2) is 51.2 Å². The van der Waals surface area contributed by atoms with Crippen LogP contribution in [0.1, 0.15) is 56.0 Å². The summed E-state index contributed by atoms with van der Waals surface area (Å²) in [5, 5.41) is 25.6. The summed E-state index contributed by atoms with van der Waals surface area (Å²) in [6.45, 7) is 10.8. The van der Waals surface area contributed by atoms with Crippen molar-refractivity contribution in [3.8, 4) is 11.5 Å². The van der Waals surface area contributed by atoms with Crippen LogP contribution in [0.4, 0.5) is 10.5 Å². The third-order valence-electron chi connectivity index (χ3n) is 6.46. The van der Waals surface area contributed by atoms with Crippen LogP contribution in [-0.2, 0) is 20.7 Å². The monoisotopic (exact) mass is 561 g/mol. The van der Waals surface area contributed by atoms with E-state index in [-0.39, 0.29) is 24.5 Å². The lowest BCUT2D eigenvalue weighted by Gasteiger charge is -2.34. The number of likely N-dealkylation sites (N-methyl/N-ethyl adjacent to an activating group) is 1. The minimum Gasteiger partial charge on any atom is -0.508 e. The fourth-order valence-corrected chi connectivity index (χ4v) is 4.55.